The van der Waals surface area contributed by atoms with Crippen LogP contribution in [-0.2, 0) is 19.6 Å². The van der Waals surface area contributed by atoms with Gasteiger partial charge in [0.25, 0.3) is 5.56 Å². The van der Waals surface area contributed by atoms with Crippen LogP contribution in [0, 0.1) is 0 Å². The van der Waals surface area contributed by atoms with Crippen LogP contribution in [0.4, 0.5) is 0 Å². The van der Waals surface area contributed by atoms with Gasteiger partial charge in [0.2, 0.25) is 0 Å². The number of ether oxygens (including phenoxy) is 2. The van der Waals surface area contributed by atoms with Crippen LogP contribution in [-0.4, -0.2) is 27.4 Å². The number of aliphatic hydroxyl groups excluding tert-OH is 1. The molecule has 1 atom stereocenters. The summed E-state index contributed by atoms with van der Waals surface area (Å²) in [5.41, 5.74) is 3.71. The first-order valence-electron chi connectivity index (χ1n) is 9.36. The zero-order valence-electron chi connectivity index (χ0n) is 15.7. The summed E-state index contributed by atoms with van der Waals surface area (Å²) < 4.78 is 13.2. The van der Waals surface area contributed by atoms with Crippen molar-refractivity contribution in [2.24, 2.45) is 0 Å². The number of aryl methyl sites for hydroxylation is 1. The normalized spacial score (nSPS) is 15.1. The van der Waals surface area contributed by atoms with Crippen molar-refractivity contribution >= 4 is 0 Å². The van der Waals surface area contributed by atoms with E-state index in [4.69, 9.17) is 9.47 Å². The zero-order valence-corrected chi connectivity index (χ0v) is 15.7. The molecule has 0 saturated carbocycles. The molecule has 3 aromatic rings. The van der Waals surface area contributed by atoms with E-state index in [1.807, 2.05) is 24.3 Å². The molecular formula is C22H22N2O4. The Morgan fingerprint density at radius 2 is 1.82 bits per heavy atom. The van der Waals surface area contributed by atoms with Gasteiger partial charge in [-0.05, 0) is 35.2 Å². The molecule has 6 nitrogen and oxygen atoms in total. The Bertz CT molecular complexity index is 1010. The molecule has 2 heterocycles. The van der Waals surface area contributed by atoms with Gasteiger partial charge in [0.1, 0.15) is 12.4 Å². The van der Waals surface area contributed by atoms with Crippen LogP contribution in [0.5, 0.6) is 11.8 Å². The largest absolute Gasteiger partial charge is 0.490 e. The van der Waals surface area contributed by atoms with Crippen molar-refractivity contribution in [3.63, 3.8) is 0 Å². The van der Waals surface area contributed by atoms with E-state index >= 15 is 0 Å². The topological polar surface area (TPSA) is 73.6 Å². The van der Waals surface area contributed by atoms with Gasteiger partial charge in [-0.1, -0.05) is 43.3 Å². The highest BCUT2D eigenvalue weighted by Gasteiger charge is 2.26. The van der Waals surface area contributed by atoms with E-state index in [9.17, 15) is 9.90 Å². The van der Waals surface area contributed by atoms with E-state index < -0.39 is 5.56 Å². The van der Waals surface area contributed by atoms with Gasteiger partial charge in [-0.25, -0.2) is 0 Å². The van der Waals surface area contributed by atoms with Crippen molar-refractivity contribution < 1.29 is 14.6 Å². The van der Waals surface area contributed by atoms with Crippen molar-refractivity contribution in [3.05, 3.63) is 76.2 Å². The predicted octanol–water partition coefficient (Wildman–Crippen LogP) is 2.81. The first kappa shape index (κ1) is 18.3. The second kappa shape index (κ2) is 7.86. The molecule has 1 unspecified atom stereocenters. The Morgan fingerprint density at radius 3 is 2.46 bits per heavy atom. The number of nitrogens with zero attached hydrogens (tertiary/aromatic N) is 2. The lowest BCUT2D eigenvalue weighted by molar-refractivity contribution is 0.143. The van der Waals surface area contributed by atoms with E-state index in [0.717, 1.165) is 17.7 Å². The molecule has 0 saturated heterocycles. The highest BCUT2D eigenvalue weighted by molar-refractivity contribution is 5.64. The van der Waals surface area contributed by atoms with Crippen LogP contribution in [0.2, 0.25) is 0 Å². The number of rotatable bonds is 6. The molecule has 144 valence electrons. The van der Waals surface area contributed by atoms with Gasteiger partial charge in [-0.15, -0.1) is 0 Å². The Morgan fingerprint density at radius 1 is 1.14 bits per heavy atom. The fourth-order valence-corrected chi connectivity index (χ4v) is 3.29. The molecule has 28 heavy (non-hydrogen) atoms. The molecule has 6 heteroatoms. The number of hydrogen-bond donors (Lipinski definition) is 1. The summed E-state index contributed by atoms with van der Waals surface area (Å²) in [6, 6.07) is 18.0. The molecule has 1 aliphatic heterocycles. The minimum Gasteiger partial charge on any atom is -0.490 e. The number of benzene rings is 2. The van der Waals surface area contributed by atoms with Crippen molar-refractivity contribution in [2.75, 3.05) is 6.61 Å². The summed E-state index contributed by atoms with van der Waals surface area (Å²) in [7, 11) is 0. The average Bonchev–Trinajstić information content (AvgIpc) is 3.15. The summed E-state index contributed by atoms with van der Waals surface area (Å²) in [6.07, 6.45) is 0.769. The monoisotopic (exact) mass is 378 g/mol. The summed E-state index contributed by atoms with van der Waals surface area (Å²) in [4.78, 5) is 15.4. The molecule has 2 aromatic carbocycles. The van der Waals surface area contributed by atoms with Gasteiger partial charge >= 0.3 is 6.01 Å². The number of aromatic nitrogens is 2. The van der Waals surface area contributed by atoms with E-state index in [0.29, 0.717) is 18.8 Å². The lowest BCUT2D eigenvalue weighted by atomic mass is 10.0. The molecule has 1 N–H and O–H groups in total. The Hall–Kier alpha value is -3.12. The molecular weight excluding hydrogens is 356 g/mol. The third kappa shape index (κ3) is 3.77. The average molecular weight is 378 g/mol. The fraction of sp³-hybridized carbons (Fsp3) is 0.273. The SMILES string of the molecule is CCc1ccc(-c2ccc(OCC3Cn4c(CO)cc(=O)nc4O3)cc2)cc1. The summed E-state index contributed by atoms with van der Waals surface area (Å²) >= 11 is 0. The van der Waals surface area contributed by atoms with Crippen LogP contribution in [0.1, 0.15) is 18.2 Å². The summed E-state index contributed by atoms with van der Waals surface area (Å²) in [5.74, 6) is 0.748. The van der Waals surface area contributed by atoms with Crippen LogP contribution in [0.15, 0.2) is 59.4 Å². The quantitative estimate of drug-likeness (QED) is 0.714. The highest BCUT2D eigenvalue weighted by atomic mass is 16.6. The van der Waals surface area contributed by atoms with E-state index in [1.165, 1.54) is 17.2 Å². The Labute approximate surface area is 163 Å². The maximum atomic E-state index is 11.5. The number of aliphatic hydroxyl groups is 1. The second-order valence-electron chi connectivity index (χ2n) is 6.76. The van der Waals surface area contributed by atoms with E-state index in [-0.39, 0.29) is 18.7 Å². The van der Waals surface area contributed by atoms with Crippen molar-refractivity contribution in [3.8, 4) is 22.9 Å². The van der Waals surface area contributed by atoms with Gasteiger partial charge in [0, 0.05) is 6.07 Å². The van der Waals surface area contributed by atoms with Gasteiger partial charge in [-0.2, -0.15) is 4.98 Å². The molecule has 0 bridgehead atoms. The predicted molar refractivity (Wildman–Crippen MR) is 106 cm³/mol. The van der Waals surface area contributed by atoms with Gasteiger partial charge in [0.05, 0.1) is 18.8 Å². The Balaban J connectivity index is 1.38. The van der Waals surface area contributed by atoms with Gasteiger partial charge in [-0.3, -0.25) is 9.36 Å². The van der Waals surface area contributed by atoms with E-state index in [2.05, 4.69) is 36.2 Å². The first-order valence-corrected chi connectivity index (χ1v) is 9.36. The molecule has 1 aliphatic rings. The molecule has 4 rings (SSSR count). The minimum atomic E-state index is -0.417. The van der Waals surface area contributed by atoms with Crippen LogP contribution >= 0.6 is 0 Å². The molecule has 0 aliphatic carbocycles. The van der Waals surface area contributed by atoms with Crippen LogP contribution in [0.25, 0.3) is 11.1 Å². The van der Waals surface area contributed by atoms with Crippen molar-refractivity contribution in [2.45, 2.75) is 32.6 Å². The lowest BCUT2D eigenvalue weighted by Crippen LogP contribution is -2.23. The molecule has 0 spiro atoms. The minimum absolute atomic E-state index is 0.232. The Kier molecular flexibility index (Phi) is 5.12. The van der Waals surface area contributed by atoms with Gasteiger partial charge in [0.15, 0.2) is 6.10 Å². The van der Waals surface area contributed by atoms with Crippen molar-refractivity contribution in [1.82, 2.24) is 9.55 Å². The standard InChI is InChI=1S/C22H22N2O4/c1-2-15-3-5-16(6-4-15)17-7-9-19(10-8-17)27-14-20-12-24-18(13-25)11-21(26)23-22(24)28-20/h3-11,20,25H,2,12-14H2,1H3. The third-order valence-electron chi connectivity index (χ3n) is 4.88. The highest BCUT2D eigenvalue weighted by Crippen LogP contribution is 2.24. The second-order valence-corrected chi connectivity index (χ2v) is 6.76. The lowest BCUT2D eigenvalue weighted by Gasteiger charge is -2.12. The van der Waals surface area contributed by atoms with E-state index in [1.54, 1.807) is 4.57 Å². The molecule has 1 aromatic heterocycles. The molecule has 0 radical (unpaired) electrons. The number of fused-ring (bicyclic) bond motifs is 1. The number of hydrogen-bond acceptors (Lipinski definition) is 5. The molecule has 0 fully saturated rings. The first-order chi connectivity index (χ1) is 13.7. The fourth-order valence-electron chi connectivity index (χ4n) is 3.29. The maximum absolute atomic E-state index is 11.5. The third-order valence-corrected chi connectivity index (χ3v) is 4.88. The smallest absolute Gasteiger partial charge is 0.300 e. The summed E-state index contributed by atoms with van der Waals surface area (Å²) in [5, 5.41) is 9.40. The van der Waals surface area contributed by atoms with Crippen LogP contribution < -0.4 is 15.0 Å². The summed E-state index contributed by atoms with van der Waals surface area (Å²) in [6.45, 7) is 2.72. The van der Waals surface area contributed by atoms with Crippen molar-refractivity contribution in [1.29, 1.82) is 0 Å². The zero-order chi connectivity index (χ0) is 19.5. The van der Waals surface area contributed by atoms with Crippen LogP contribution in [0.3, 0.4) is 0 Å². The van der Waals surface area contributed by atoms with Gasteiger partial charge < -0.3 is 14.6 Å². The maximum Gasteiger partial charge on any atom is 0.300 e. The molecule has 0 amide bonds.